The van der Waals surface area contributed by atoms with E-state index >= 15 is 0 Å². The van der Waals surface area contributed by atoms with E-state index in [1.165, 1.54) is 0 Å². The average Bonchev–Trinajstić information content (AvgIpc) is 2.43. The van der Waals surface area contributed by atoms with Crippen LogP contribution in [0, 0.1) is 0 Å². The summed E-state index contributed by atoms with van der Waals surface area (Å²) in [4.78, 5) is 33.4. The number of hydrogen-bond donors (Lipinski definition) is 3. The van der Waals surface area contributed by atoms with Gasteiger partial charge in [0.15, 0.2) is 0 Å². The number of alkyl carbamates (subject to hydrolysis) is 2. The first kappa shape index (κ1) is 22.0. The van der Waals surface area contributed by atoms with Crippen molar-refractivity contribution in [2.24, 2.45) is 0 Å². The maximum atomic E-state index is 11.5. The Kier molecular flexibility index (Phi) is 11.4. The lowest BCUT2D eigenvalue weighted by molar-refractivity contribution is -0.137. The van der Waals surface area contributed by atoms with Crippen LogP contribution in [-0.4, -0.2) is 61.3 Å². The molecular formula is C15H28N2O7. The zero-order valence-corrected chi connectivity index (χ0v) is 14.7. The highest BCUT2D eigenvalue weighted by atomic mass is 16.6. The molecule has 140 valence electrons. The van der Waals surface area contributed by atoms with Crippen LogP contribution in [0.2, 0.25) is 0 Å². The Morgan fingerprint density at radius 1 is 0.917 bits per heavy atom. The summed E-state index contributed by atoms with van der Waals surface area (Å²) >= 11 is 0. The van der Waals surface area contributed by atoms with E-state index in [1.807, 2.05) is 0 Å². The molecule has 0 atom stereocenters. The van der Waals surface area contributed by atoms with Crippen LogP contribution in [0.3, 0.4) is 0 Å². The Hall–Kier alpha value is -2.03. The van der Waals surface area contributed by atoms with Crippen molar-refractivity contribution in [3.05, 3.63) is 0 Å². The minimum Gasteiger partial charge on any atom is -0.481 e. The van der Waals surface area contributed by atoms with Gasteiger partial charge in [-0.1, -0.05) is 0 Å². The molecule has 0 radical (unpaired) electrons. The van der Waals surface area contributed by atoms with Crippen molar-refractivity contribution in [3.8, 4) is 0 Å². The first-order chi connectivity index (χ1) is 11.2. The quantitative estimate of drug-likeness (QED) is 0.483. The number of carboxylic acid groups (broad SMARTS) is 1. The summed E-state index contributed by atoms with van der Waals surface area (Å²) in [6.07, 6.45) is -1.60. The summed E-state index contributed by atoms with van der Waals surface area (Å²) in [5.74, 6) is -0.921. The molecule has 0 rings (SSSR count). The van der Waals surface area contributed by atoms with E-state index in [4.69, 9.17) is 19.3 Å². The molecule has 0 heterocycles. The highest BCUT2D eigenvalue weighted by Crippen LogP contribution is 2.00. The predicted molar refractivity (Wildman–Crippen MR) is 85.8 cm³/mol. The number of rotatable bonds is 11. The van der Waals surface area contributed by atoms with Crippen LogP contribution in [0.25, 0.3) is 0 Å². The maximum Gasteiger partial charge on any atom is 0.407 e. The standard InChI is InChI=1S/C15H28N2O7/c1-10(2)16-14(20)23-8-12(22-7-5-6-13(18)19)9-24-15(21)17-11(3)4/h10-12H,5-9H2,1-4H3,(H,16,20)(H,17,21)(H,18,19). The van der Waals surface area contributed by atoms with Crippen molar-refractivity contribution in [1.29, 1.82) is 0 Å². The topological polar surface area (TPSA) is 123 Å². The van der Waals surface area contributed by atoms with Gasteiger partial charge in [0.2, 0.25) is 0 Å². The van der Waals surface area contributed by atoms with Gasteiger partial charge in [0.05, 0.1) is 0 Å². The molecule has 0 spiro atoms. The number of nitrogens with one attached hydrogen (secondary N) is 2. The molecule has 0 fully saturated rings. The summed E-state index contributed by atoms with van der Waals surface area (Å²) < 4.78 is 15.4. The minimum atomic E-state index is -0.921. The fraction of sp³-hybridized carbons (Fsp3) is 0.800. The third-order valence-corrected chi connectivity index (χ3v) is 2.50. The minimum absolute atomic E-state index is 0.0316. The number of aliphatic carboxylic acids is 1. The fourth-order valence-corrected chi connectivity index (χ4v) is 1.51. The lowest BCUT2D eigenvalue weighted by Gasteiger charge is -2.19. The molecule has 0 aliphatic carbocycles. The number of carbonyl (C=O) groups is 3. The number of carboxylic acids is 1. The Morgan fingerprint density at radius 2 is 1.38 bits per heavy atom. The van der Waals surface area contributed by atoms with E-state index < -0.39 is 24.3 Å². The van der Waals surface area contributed by atoms with Gasteiger partial charge in [0.25, 0.3) is 0 Å². The van der Waals surface area contributed by atoms with Gasteiger partial charge in [-0.05, 0) is 34.1 Å². The SMILES string of the molecule is CC(C)NC(=O)OCC(COC(=O)NC(C)C)OCCCC(=O)O. The first-order valence-corrected chi connectivity index (χ1v) is 7.90. The molecule has 24 heavy (non-hydrogen) atoms. The molecule has 0 aromatic rings. The zero-order chi connectivity index (χ0) is 18.5. The monoisotopic (exact) mass is 348 g/mol. The van der Waals surface area contributed by atoms with Crippen LogP contribution < -0.4 is 10.6 Å². The van der Waals surface area contributed by atoms with Gasteiger partial charge >= 0.3 is 18.2 Å². The number of ether oxygens (including phenoxy) is 3. The molecule has 0 bridgehead atoms. The lowest BCUT2D eigenvalue weighted by atomic mass is 10.3. The second-order valence-corrected chi connectivity index (χ2v) is 5.79. The molecule has 0 unspecified atom stereocenters. The highest BCUT2D eigenvalue weighted by molar-refractivity contribution is 5.68. The molecule has 0 saturated heterocycles. The molecule has 9 heteroatoms. The van der Waals surface area contributed by atoms with Gasteiger partial charge in [-0.15, -0.1) is 0 Å². The summed E-state index contributed by atoms with van der Waals surface area (Å²) in [5, 5.41) is 13.7. The third kappa shape index (κ3) is 13.6. The van der Waals surface area contributed by atoms with Crippen molar-refractivity contribution in [2.45, 2.75) is 58.7 Å². The second-order valence-electron chi connectivity index (χ2n) is 5.79. The summed E-state index contributed by atoms with van der Waals surface area (Å²) in [5.41, 5.74) is 0. The highest BCUT2D eigenvalue weighted by Gasteiger charge is 2.16. The van der Waals surface area contributed by atoms with Crippen LogP contribution in [-0.2, 0) is 19.0 Å². The molecule has 0 saturated carbocycles. The molecule has 0 aliphatic rings. The molecule has 0 aromatic carbocycles. The van der Waals surface area contributed by atoms with Crippen molar-refractivity contribution in [2.75, 3.05) is 19.8 Å². The Labute approximate surface area is 142 Å². The Bertz CT molecular complexity index is 373. The second kappa shape index (κ2) is 12.4. The molecule has 0 aromatic heterocycles. The van der Waals surface area contributed by atoms with Gasteiger partial charge in [-0.2, -0.15) is 0 Å². The molecule has 9 nitrogen and oxygen atoms in total. The van der Waals surface area contributed by atoms with E-state index in [2.05, 4.69) is 10.6 Å². The lowest BCUT2D eigenvalue weighted by Crippen LogP contribution is -2.37. The van der Waals surface area contributed by atoms with E-state index in [-0.39, 0.29) is 38.3 Å². The summed E-state index contributed by atoms with van der Waals surface area (Å²) in [7, 11) is 0. The number of amides is 2. The first-order valence-electron chi connectivity index (χ1n) is 7.90. The van der Waals surface area contributed by atoms with E-state index in [0.717, 1.165) is 0 Å². The normalized spacial score (nSPS) is 10.8. The van der Waals surface area contributed by atoms with Crippen LogP contribution >= 0.6 is 0 Å². The maximum absolute atomic E-state index is 11.5. The Morgan fingerprint density at radius 3 is 1.75 bits per heavy atom. The summed E-state index contributed by atoms with van der Waals surface area (Å²) in [6, 6.07) is -0.138. The number of hydrogen-bond acceptors (Lipinski definition) is 6. The Balaban J connectivity index is 4.28. The van der Waals surface area contributed by atoms with Crippen LogP contribution in [0.15, 0.2) is 0 Å². The van der Waals surface area contributed by atoms with Crippen LogP contribution in [0.4, 0.5) is 9.59 Å². The van der Waals surface area contributed by atoms with Crippen molar-refractivity contribution >= 4 is 18.2 Å². The third-order valence-electron chi connectivity index (χ3n) is 2.50. The zero-order valence-electron chi connectivity index (χ0n) is 14.7. The summed E-state index contributed by atoms with van der Waals surface area (Å²) in [6.45, 7) is 7.10. The van der Waals surface area contributed by atoms with Crippen molar-refractivity contribution in [1.82, 2.24) is 10.6 Å². The van der Waals surface area contributed by atoms with E-state index in [1.54, 1.807) is 27.7 Å². The molecule has 0 aliphatic heterocycles. The van der Waals surface area contributed by atoms with Gasteiger partial charge in [-0.25, -0.2) is 9.59 Å². The van der Waals surface area contributed by atoms with Crippen LogP contribution in [0.1, 0.15) is 40.5 Å². The van der Waals surface area contributed by atoms with E-state index in [0.29, 0.717) is 6.42 Å². The average molecular weight is 348 g/mol. The molecule has 3 N–H and O–H groups in total. The molecular weight excluding hydrogens is 320 g/mol. The van der Waals surface area contributed by atoms with Crippen molar-refractivity contribution in [3.63, 3.8) is 0 Å². The molecule has 2 amide bonds. The fourth-order valence-electron chi connectivity index (χ4n) is 1.51. The van der Waals surface area contributed by atoms with E-state index in [9.17, 15) is 14.4 Å². The largest absolute Gasteiger partial charge is 0.481 e. The number of carbonyl (C=O) groups excluding carboxylic acids is 2. The van der Waals surface area contributed by atoms with Gasteiger partial charge in [0, 0.05) is 25.1 Å². The van der Waals surface area contributed by atoms with Gasteiger partial charge in [0.1, 0.15) is 19.3 Å². The van der Waals surface area contributed by atoms with Gasteiger partial charge in [-0.3, -0.25) is 4.79 Å². The van der Waals surface area contributed by atoms with Gasteiger partial charge < -0.3 is 30.0 Å². The van der Waals surface area contributed by atoms with Crippen LogP contribution in [0.5, 0.6) is 0 Å². The van der Waals surface area contributed by atoms with Crippen molar-refractivity contribution < 1.29 is 33.7 Å². The smallest absolute Gasteiger partial charge is 0.407 e. The predicted octanol–water partition coefficient (Wildman–Crippen LogP) is 1.51.